The number of hydrogen-bond donors (Lipinski definition) is 1. The summed E-state index contributed by atoms with van der Waals surface area (Å²) in [4.78, 5) is 25.6. The van der Waals surface area contributed by atoms with Gasteiger partial charge in [0.25, 0.3) is 0 Å². The molecule has 0 atom stereocenters. The van der Waals surface area contributed by atoms with Crippen molar-refractivity contribution in [3.05, 3.63) is 72.9 Å². The first-order chi connectivity index (χ1) is 14.2. The standard InChI is InChI=1S/C22H18Cl3NO4/c1-4-26-11(2)18(12-6-8-17(30-3)16(25)9-12)21(27)19(22(28)29)20(26)13-5-7-14(23)15(24)10-13/h5-10H,4H2,1-3H3,(H,28,29). The molecule has 0 aliphatic rings. The molecular weight excluding hydrogens is 449 g/mol. The third-order valence-electron chi connectivity index (χ3n) is 4.89. The SMILES string of the molecule is CCn1c(C)c(-c2ccc(OC)c(Cl)c2)c(=O)c(C(=O)O)c1-c1ccc(Cl)c(Cl)c1. The van der Waals surface area contributed by atoms with Gasteiger partial charge in [0.05, 0.1) is 27.9 Å². The Morgan fingerprint density at radius 2 is 1.67 bits per heavy atom. The number of halogens is 3. The second-order valence-electron chi connectivity index (χ2n) is 6.54. The van der Waals surface area contributed by atoms with Gasteiger partial charge in [0.2, 0.25) is 5.43 Å². The zero-order valence-corrected chi connectivity index (χ0v) is 18.7. The van der Waals surface area contributed by atoms with Crippen molar-refractivity contribution >= 4 is 40.8 Å². The van der Waals surface area contributed by atoms with Crippen LogP contribution in [0, 0.1) is 6.92 Å². The van der Waals surface area contributed by atoms with E-state index in [2.05, 4.69) is 0 Å². The molecular formula is C22H18Cl3NO4. The van der Waals surface area contributed by atoms with Crippen molar-refractivity contribution < 1.29 is 14.6 Å². The van der Waals surface area contributed by atoms with E-state index < -0.39 is 11.4 Å². The van der Waals surface area contributed by atoms with Crippen LogP contribution in [0.25, 0.3) is 22.4 Å². The lowest BCUT2D eigenvalue weighted by Gasteiger charge is -2.21. The Morgan fingerprint density at radius 3 is 2.20 bits per heavy atom. The summed E-state index contributed by atoms with van der Waals surface area (Å²) in [5, 5.41) is 10.9. The maximum absolute atomic E-state index is 13.4. The summed E-state index contributed by atoms with van der Waals surface area (Å²) in [6.45, 7) is 4.07. The summed E-state index contributed by atoms with van der Waals surface area (Å²) in [6.07, 6.45) is 0. The molecule has 0 spiro atoms. The second kappa shape index (κ2) is 8.72. The van der Waals surface area contributed by atoms with Crippen molar-refractivity contribution in [3.8, 4) is 28.1 Å². The first-order valence-corrected chi connectivity index (χ1v) is 10.1. The van der Waals surface area contributed by atoms with Gasteiger partial charge in [0, 0.05) is 23.4 Å². The molecule has 0 fully saturated rings. The highest BCUT2D eigenvalue weighted by molar-refractivity contribution is 6.42. The van der Waals surface area contributed by atoms with Gasteiger partial charge in [0.1, 0.15) is 11.3 Å². The van der Waals surface area contributed by atoms with E-state index in [0.717, 1.165) is 0 Å². The quantitative estimate of drug-likeness (QED) is 0.487. The van der Waals surface area contributed by atoms with Gasteiger partial charge in [-0.1, -0.05) is 46.9 Å². The Balaban J connectivity index is 2.42. The summed E-state index contributed by atoms with van der Waals surface area (Å²) in [6, 6.07) is 9.68. The summed E-state index contributed by atoms with van der Waals surface area (Å²) in [7, 11) is 1.49. The average molecular weight is 467 g/mol. The molecule has 1 heterocycles. The zero-order valence-electron chi connectivity index (χ0n) is 16.4. The minimum absolute atomic E-state index is 0.266. The highest BCUT2D eigenvalue weighted by Gasteiger charge is 2.26. The maximum atomic E-state index is 13.4. The van der Waals surface area contributed by atoms with Gasteiger partial charge in [-0.25, -0.2) is 4.79 Å². The van der Waals surface area contributed by atoms with Crippen molar-refractivity contribution in [2.75, 3.05) is 7.11 Å². The molecule has 8 heteroatoms. The Bertz CT molecular complexity index is 1220. The molecule has 30 heavy (non-hydrogen) atoms. The van der Waals surface area contributed by atoms with Crippen LogP contribution in [-0.4, -0.2) is 22.8 Å². The van der Waals surface area contributed by atoms with Crippen LogP contribution in [-0.2, 0) is 6.54 Å². The predicted octanol–water partition coefficient (Wildman–Crippen LogP) is 6.18. The first-order valence-electron chi connectivity index (χ1n) is 9.01. The van der Waals surface area contributed by atoms with E-state index in [1.54, 1.807) is 47.9 Å². The first kappa shape index (κ1) is 22.2. The van der Waals surface area contributed by atoms with Crippen LogP contribution >= 0.6 is 34.8 Å². The number of carboxylic acid groups (broad SMARTS) is 1. The van der Waals surface area contributed by atoms with E-state index >= 15 is 0 Å². The molecule has 5 nitrogen and oxygen atoms in total. The number of nitrogens with zero attached hydrogens (tertiary/aromatic N) is 1. The molecule has 1 aromatic heterocycles. The van der Waals surface area contributed by atoms with E-state index in [4.69, 9.17) is 39.5 Å². The Hall–Kier alpha value is -2.47. The second-order valence-corrected chi connectivity index (χ2v) is 7.76. The normalized spacial score (nSPS) is 10.9. The molecule has 156 valence electrons. The zero-order chi connectivity index (χ0) is 22.2. The van der Waals surface area contributed by atoms with Gasteiger partial charge >= 0.3 is 5.97 Å². The number of carbonyl (C=O) groups is 1. The lowest BCUT2D eigenvalue weighted by atomic mass is 9.96. The lowest BCUT2D eigenvalue weighted by Crippen LogP contribution is -2.25. The highest BCUT2D eigenvalue weighted by atomic mass is 35.5. The number of aromatic nitrogens is 1. The van der Waals surface area contributed by atoms with E-state index in [-0.39, 0.29) is 21.8 Å². The number of aromatic carboxylic acids is 1. The van der Waals surface area contributed by atoms with Crippen molar-refractivity contribution in [2.45, 2.75) is 20.4 Å². The van der Waals surface area contributed by atoms with E-state index in [0.29, 0.717) is 39.2 Å². The van der Waals surface area contributed by atoms with Gasteiger partial charge in [0.15, 0.2) is 0 Å². The fourth-order valence-corrected chi connectivity index (χ4v) is 4.09. The fraction of sp³-hybridized carbons (Fsp3) is 0.182. The fourth-order valence-electron chi connectivity index (χ4n) is 3.53. The van der Waals surface area contributed by atoms with Gasteiger partial charge < -0.3 is 14.4 Å². The molecule has 3 aromatic rings. The van der Waals surface area contributed by atoms with Crippen LogP contribution in [0.5, 0.6) is 5.75 Å². The number of benzene rings is 2. The number of carboxylic acids is 1. The smallest absolute Gasteiger partial charge is 0.341 e. The number of ether oxygens (including phenoxy) is 1. The van der Waals surface area contributed by atoms with E-state index in [1.165, 1.54) is 7.11 Å². The number of pyridine rings is 1. The van der Waals surface area contributed by atoms with Crippen molar-refractivity contribution in [1.29, 1.82) is 0 Å². The number of methoxy groups -OCH3 is 1. The van der Waals surface area contributed by atoms with Gasteiger partial charge in [-0.2, -0.15) is 0 Å². The summed E-state index contributed by atoms with van der Waals surface area (Å²) in [5.74, 6) is -0.871. The predicted molar refractivity (Wildman–Crippen MR) is 121 cm³/mol. The van der Waals surface area contributed by atoms with Gasteiger partial charge in [-0.3, -0.25) is 4.79 Å². The number of rotatable bonds is 5. The van der Waals surface area contributed by atoms with Crippen molar-refractivity contribution in [2.24, 2.45) is 0 Å². The summed E-state index contributed by atoms with van der Waals surface area (Å²) in [5.41, 5.74) is 1.19. The Labute approximate surface area is 188 Å². The maximum Gasteiger partial charge on any atom is 0.341 e. The van der Waals surface area contributed by atoms with Crippen LogP contribution in [0.3, 0.4) is 0 Å². The van der Waals surface area contributed by atoms with E-state index in [1.807, 2.05) is 6.92 Å². The third kappa shape index (κ3) is 3.81. The molecule has 2 aromatic carbocycles. The molecule has 0 unspecified atom stereocenters. The monoisotopic (exact) mass is 465 g/mol. The third-order valence-corrected chi connectivity index (χ3v) is 5.93. The number of hydrogen-bond acceptors (Lipinski definition) is 3. The van der Waals surface area contributed by atoms with Crippen LogP contribution in [0.15, 0.2) is 41.2 Å². The molecule has 0 saturated carbocycles. The minimum atomic E-state index is -1.33. The molecule has 0 bridgehead atoms. The molecule has 3 rings (SSSR count). The van der Waals surface area contributed by atoms with E-state index in [9.17, 15) is 14.7 Å². The van der Waals surface area contributed by atoms with Crippen LogP contribution in [0.1, 0.15) is 23.0 Å². The van der Waals surface area contributed by atoms with Gasteiger partial charge in [-0.05, 0) is 43.7 Å². The molecule has 0 aliphatic heterocycles. The van der Waals surface area contributed by atoms with Gasteiger partial charge in [-0.15, -0.1) is 0 Å². The minimum Gasteiger partial charge on any atom is -0.495 e. The Morgan fingerprint density at radius 1 is 1.03 bits per heavy atom. The van der Waals surface area contributed by atoms with Crippen LogP contribution in [0.2, 0.25) is 15.1 Å². The molecule has 0 saturated heterocycles. The topological polar surface area (TPSA) is 68.5 Å². The van der Waals surface area contributed by atoms with Crippen LogP contribution in [0.4, 0.5) is 0 Å². The van der Waals surface area contributed by atoms with Crippen molar-refractivity contribution in [1.82, 2.24) is 4.57 Å². The summed E-state index contributed by atoms with van der Waals surface area (Å²) >= 11 is 18.4. The highest BCUT2D eigenvalue weighted by Crippen LogP contribution is 2.35. The average Bonchev–Trinajstić information content (AvgIpc) is 2.69. The largest absolute Gasteiger partial charge is 0.495 e. The molecule has 0 radical (unpaired) electrons. The van der Waals surface area contributed by atoms with Crippen LogP contribution < -0.4 is 10.2 Å². The lowest BCUT2D eigenvalue weighted by molar-refractivity contribution is 0.0695. The molecule has 1 N–H and O–H groups in total. The summed E-state index contributed by atoms with van der Waals surface area (Å²) < 4.78 is 6.94. The molecule has 0 amide bonds. The van der Waals surface area contributed by atoms with Crippen molar-refractivity contribution in [3.63, 3.8) is 0 Å². The Kier molecular flexibility index (Phi) is 6.46. The molecule has 0 aliphatic carbocycles.